The molecule has 0 aliphatic carbocycles. The van der Waals surface area contributed by atoms with Crippen molar-refractivity contribution >= 4 is 38.6 Å². The first-order valence-electron chi connectivity index (χ1n) is 9.03. The number of anilines is 2. The minimum absolute atomic E-state index is 0.0791. The molecule has 0 aliphatic heterocycles. The van der Waals surface area contributed by atoms with E-state index in [0.29, 0.717) is 17.1 Å². The number of nitrogens with zero attached hydrogens (tertiary/aromatic N) is 1. The standard InChI is InChI=1S/C21H22N2O4S2/c1-3-23(16-8-5-4-6-9-16)29(25,26)18-11-12-20(27-2)19(15-18)22-21(24)14-17-10-7-13-28-17/h4-13,15H,3,14H2,1-2H3,(H,22,24). The number of methoxy groups -OCH3 is 1. The summed E-state index contributed by atoms with van der Waals surface area (Å²) in [4.78, 5) is 13.4. The van der Waals surface area contributed by atoms with Gasteiger partial charge in [0.2, 0.25) is 5.91 Å². The highest BCUT2D eigenvalue weighted by Gasteiger charge is 2.25. The molecule has 0 fully saturated rings. The van der Waals surface area contributed by atoms with Gasteiger partial charge < -0.3 is 10.1 Å². The highest BCUT2D eigenvalue weighted by molar-refractivity contribution is 7.92. The third-order valence-electron chi connectivity index (χ3n) is 4.28. The second kappa shape index (κ2) is 9.11. The van der Waals surface area contributed by atoms with E-state index in [1.807, 2.05) is 23.6 Å². The lowest BCUT2D eigenvalue weighted by Gasteiger charge is -2.23. The van der Waals surface area contributed by atoms with Crippen molar-refractivity contribution in [2.45, 2.75) is 18.2 Å². The lowest BCUT2D eigenvalue weighted by Crippen LogP contribution is -2.30. The second-order valence-electron chi connectivity index (χ2n) is 6.17. The number of hydrogen-bond acceptors (Lipinski definition) is 5. The molecule has 1 heterocycles. The maximum Gasteiger partial charge on any atom is 0.264 e. The van der Waals surface area contributed by atoms with E-state index in [-0.39, 0.29) is 23.8 Å². The third kappa shape index (κ3) is 4.78. The van der Waals surface area contributed by atoms with Crippen LogP contribution >= 0.6 is 11.3 Å². The Kier molecular flexibility index (Phi) is 6.56. The summed E-state index contributed by atoms with van der Waals surface area (Å²) in [6.45, 7) is 2.05. The van der Waals surface area contributed by atoms with Crippen molar-refractivity contribution in [3.05, 3.63) is 70.9 Å². The smallest absolute Gasteiger partial charge is 0.264 e. The minimum Gasteiger partial charge on any atom is -0.495 e. The number of nitrogens with one attached hydrogen (secondary N) is 1. The van der Waals surface area contributed by atoms with Crippen LogP contribution in [0, 0.1) is 0 Å². The number of thiophene rings is 1. The van der Waals surface area contributed by atoms with E-state index < -0.39 is 10.0 Å². The van der Waals surface area contributed by atoms with Crippen LogP contribution in [0.5, 0.6) is 5.75 Å². The van der Waals surface area contributed by atoms with E-state index in [1.165, 1.54) is 34.9 Å². The first kappa shape index (κ1) is 20.9. The molecule has 0 unspecified atom stereocenters. The average molecular weight is 431 g/mol. The van der Waals surface area contributed by atoms with Crippen molar-refractivity contribution in [2.24, 2.45) is 0 Å². The number of sulfonamides is 1. The Balaban J connectivity index is 1.91. The molecule has 6 nitrogen and oxygen atoms in total. The normalized spacial score (nSPS) is 11.1. The number of hydrogen-bond donors (Lipinski definition) is 1. The fraction of sp³-hybridized carbons (Fsp3) is 0.190. The second-order valence-corrected chi connectivity index (χ2v) is 9.07. The Labute approximate surface area is 174 Å². The predicted octanol–water partition coefficient (Wildman–Crippen LogP) is 4.15. The summed E-state index contributed by atoms with van der Waals surface area (Å²) in [5.74, 6) is 0.155. The van der Waals surface area contributed by atoms with Crippen molar-refractivity contribution in [1.29, 1.82) is 0 Å². The van der Waals surface area contributed by atoms with Gasteiger partial charge in [-0.25, -0.2) is 8.42 Å². The fourth-order valence-corrected chi connectivity index (χ4v) is 5.13. The van der Waals surface area contributed by atoms with Crippen LogP contribution in [0.15, 0.2) is 70.9 Å². The molecule has 0 bridgehead atoms. The van der Waals surface area contributed by atoms with Crippen LogP contribution in [0.3, 0.4) is 0 Å². The van der Waals surface area contributed by atoms with Gasteiger partial charge in [-0.1, -0.05) is 24.3 Å². The van der Waals surface area contributed by atoms with Gasteiger partial charge in [0.15, 0.2) is 0 Å². The number of benzene rings is 2. The monoisotopic (exact) mass is 430 g/mol. The largest absolute Gasteiger partial charge is 0.495 e. The summed E-state index contributed by atoms with van der Waals surface area (Å²) in [5, 5.41) is 4.67. The van der Waals surface area contributed by atoms with Crippen LogP contribution in [-0.2, 0) is 21.2 Å². The highest BCUT2D eigenvalue weighted by Crippen LogP contribution is 2.31. The predicted molar refractivity (Wildman–Crippen MR) is 116 cm³/mol. The molecule has 8 heteroatoms. The first-order chi connectivity index (χ1) is 14.0. The number of amides is 1. The fourth-order valence-electron chi connectivity index (χ4n) is 2.92. The summed E-state index contributed by atoms with van der Waals surface area (Å²) in [6, 6.07) is 17.1. The minimum atomic E-state index is -3.81. The number of rotatable bonds is 8. The Morgan fingerprint density at radius 3 is 2.48 bits per heavy atom. The average Bonchev–Trinajstić information content (AvgIpc) is 3.22. The van der Waals surface area contributed by atoms with Gasteiger partial charge in [-0.2, -0.15) is 0 Å². The van der Waals surface area contributed by atoms with Gasteiger partial charge in [-0.05, 0) is 48.7 Å². The van der Waals surface area contributed by atoms with Gasteiger partial charge in [0, 0.05) is 11.4 Å². The van der Waals surface area contributed by atoms with Gasteiger partial charge in [0.1, 0.15) is 5.75 Å². The van der Waals surface area contributed by atoms with Crippen LogP contribution < -0.4 is 14.4 Å². The molecule has 1 amide bonds. The van der Waals surface area contributed by atoms with Crippen molar-refractivity contribution < 1.29 is 17.9 Å². The van der Waals surface area contributed by atoms with Crippen LogP contribution in [0.2, 0.25) is 0 Å². The summed E-state index contributed by atoms with van der Waals surface area (Å²) >= 11 is 1.49. The lowest BCUT2D eigenvalue weighted by molar-refractivity contribution is -0.115. The van der Waals surface area contributed by atoms with Crippen molar-refractivity contribution in [3.63, 3.8) is 0 Å². The van der Waals surface area contributed by atoms with E-state index in [0.717, 1.165) is 4.88 Å². The zero-order valence-corrected chi connectivity index (χ0v) is 17.8. The number of ether oxygens (including phenoxy) is 1. The highest BCUT2D eigenvalue weighted by atomic mass is 32.2. The molecule has 152 valence electrons. The molecule has 3 aromatic rings. The van der Waals surface area contributed by atoms with Gasteiger partial charge in [-0.3, -0.25) is 9.10 Å². The Bertz CT molecular complexity index is 1070. The molecule has 0 radical (unpaired) electrons. The van der Waals surface area contributed by atoms with E-state index >= 15 is 0 Å². The topological polar surface area (TPSA) is 75.7 Å². The number of carbonyl (C=O) groups excluding carboxylic acids is 1. The molecule has 0 saturated heterocycles. The molecule has 2 aromatic carbocycles. The van der Waals surface area contributed by atoms with E-state index in [2.05, 4.69) is 5.32 Å². The molecule has 0 saturated carbocycles. The zero-order chi connectivity index (χ0) is 20.9. The number of para-hydroxylation sites is 1. The molecular formula is C21H22N2O4S2. The number of carbonyl (C=O) groups is 1. The molecular weight excluding hydrogens is 408 g/mol. The van der Waals surface area contributed by atoms with E-state index in [9.17, 15) is 13.2 Å². The Morgan fingerprint density at radius 2 is 1.86 bits per heavy atom. The van der Waals surface area contributed by atoms with Gasteiger partial charge in [0.25, 0.3) is 10.0 Å². The molecule has 1 N–H and O–H groups in total. The van der Waals surface area contributed by atoms with Gasteiger partial charge >= 0.3 is 0 Å². The molecule has 0 aliphatic rings. The lowest BCUT2D eigenvalue weighted by atomic mass is 10.2. The summed E-state index contributed by atoms with van der Waals surface area (Å²) in [6.07, 6.45) is 0.211. The Morgan fingerprint density at radius 1 is 1.10 bits per heavy atom. The third-order valence-corrected chi connectivity index (χ3v) is 7.05. The summed E-state index contributed by atoms with van der Waals surface area (Å²) < 4.78 is 33.1. The van der Waals surface area contributed by atoms with Crippen molar-refractivity contribution in [3.8, 4) is 5.75 Å². The van der Waals surface area contributed by atoms with Crippen LogP contribution in [0.25, 0.3) is 0 Å². The molecule has 0 atom stereocenters. The molecule has 0 spiro atoms. The van der Waals surface area contributed by atoms with E-state index in [1.54, 1.807) is 37.3 Å². The zero-order valence-electron chi connectivity index (χ0n) is 16.2. The van der Waals surface area contributed by atoms with E-state index in [4.69, 9.17) is 4.74 Å². The quantitative estimate of drug-likeness (QED) is 0.582. The maximum absolute atomic E-state index is 13.2. The van der Waals surface area contributed by atoms with Crippen LogP contribution in [0.4, 0.5) is 11.4 Å². The molecule has 1 aromatic heterocycles. The van der Waals surface area contributed by atoms with Crippen LogP contribution in [0.1, 0.15) is 11.8 Å². The molecule has 3 rings (SSSR count). The first-order valence-corrected chi connectivity index (χ1v) is 11.4. The molecule has 29 heavy (non-hydrogen) atoms. The van der Waals surface area contributed by atoms with Gasteiger partial charge in [-0.15, -0.1) is 11.3 Å². The van der Waals surface area contributed by atoms with Crippen molar-refractivity contribution in [1.82, 2.24) is 0 Å². The Hall–Kier alpha value is -2.84. The van der Waals surface area contributed by atoms with Crippen molar-refractivity contribution in [2.75, 3.05) is 23.3 Å². The SMILES string of the molecule is CCN(c1ccccc1)S(=O)(=O)c1ccc(OC)c(NC(=O)Cc2cccs2)c1. The summed E-state index contributed by atoms with van der Waals surface area (Å²) in [7, 11) is -2.34. The maximum atomic E-state index is 13.2. The van der Waals surface area contributed by atoms with Gasteiger partial charge in [0.05, 0.1) is 29.8 Å². The summed E-state index contributed by atoms with van der Waals surface area (Å²) in [5.41, 5.74) is 0.897. The van der Waals surface area contributed by atoms with Crippen LogP contribution in [-0.4, -0.2) is 28.0 Å².